The van der Waals surface area contributed by atoms with Gasteiger partial charge in [0.15, 0.2) is 5.76 Å². The van der Waals surface area contributed by atoms with Crippen LogP contribution in [-0.2, 0) is 0 Å². The van der Waals surface area contributed by atoms with Gasteiger partial charge in [-0.05, 0) is 61.4 Å². The summed E-state index contributed by atoms with van der Waals surface area (Å²) in [5.41, 5.74) is 2.40. The van der Waals surface area contributed by atoms with E-state index in [1.54, 1.807) is 54.6 Å². The van der Waals surface area contributed by atoms with Crippen molar-refractivity contribution in [2.45, 2.75) is 13.8 Å². The van der Waals surface area contributed by atoms with Gasteiger partial charge in [0.05, 0.1) is 21.0 Å². The van der Waals surface area contributed by atoms with Crippen LogP contribution in [0.15, 0.2) is 69.9 Å². The first kappa shape index (κ1) is 20.2. The van der Waals surface area contributed by atoms with Gasteiger partial charge in [0.25, 0.3) is 0 Å². The molecule has 4 aromatic rings. The monoisotopic (exact) mass is 438 g/mol. The fraction of sp³-hybridized carbons (Fsp3) is 0.0833. The molecule has 0 saturated carbocycles. The zero-order valence-electron chi connectivity index (χ0n) is 16.2. The highest BCUT2D eigenvalue weighted by Crippen LogP contribution is 2.36. The molecule has 3 aromatic carbocycles. The molecular formula is C24H16Cl2O4. The molecule has 30 heavy (non-hydrogen) atoms. The molecule has 0 N–H and O–H groups in total. The molecule has 0 saturated heterocycles. The van der Waals surface area contributed by atoms with E-state index in [-0.39, 0.29) is 22.1 Å². The zero-order valence-corrected chi connectivity index (χ0v) is 17.7. The molecule has 1 heterocycles. The summed E-state index contributed by atoms with van der Waals surface area (Å²) in [7, 11) is 0. The van der Waals surface area contributed by atoms with Crippen LogP contribution in [0.1, 0.15) is 21.5 Å². The molecular weight excluding hydrogens is 423 g/mol. The maximum Gasteiger partial charge on any atom is 0.345 e. The molecule has 6 heteroatoms. The third-order valence-corrected chi connectivity index (χ3v) is 5.53. The average Bonchev–Trinajstić information content (AvgIpc) is 2.72. The summed E-state index contributed by atoms with van der Waals surface area (Å²) in [4.78, 5) is 26.1. The van der Waals surface area contributed by atoms with Crippen LogP contribution in [0, 0.1) is 13.8 Å². The summed E-state index contributed by atoms with van der Waals surface area (Å²) in [6.07, 6.45) is 0. The van der Waals surface area contributed by atoms with E-state index < -0.39 is 11.4 Å². The number of halogens is 2. The summed E-state index contributed by atoms with van der Waals surface area (Å²) < 4.78 is 11.6. The number of fused-ring (bicyclic) bond motifs is 1. The maximum absolute atomic E-state index is 13.3. The normalized spacial score (nSPS) is 10.9. The Balaban J connectivity index is 1.98. The van der Waals surface area contributed by atoms with Crippen LogP contribution in [0.3, 0.4) is 0 Å². The second kappa shape index (κ2) is 7.98. The maximum atomic E-state index is 13.3. The first-order valence-electron chi connectivity index (χ1n) is 9.16. The Labute approximate surface area is 182 Å². The summed E-state index contributed by atoms with van der Waals surface area (Å²) in [6, 6.07) is 16.8. The number of rotatable bonds is 3. The highest BCUT2D eigenvalue weighted by atomic mass is 35.5. The number of carbonyl (C=O) groups excluding carboxylic acids is 1. The van der Waals surface area contributed by atoms with Gasteiger partial charge in [-0.1, -0.05) is 47.5 Å². The molecule has 0 aliphatic carbocycles. The number of esters is 1. The number of hydrogen-bond donors (Lipinski definition) is 0. The van der Waals surface area contributed by atoms with Crippen molar-refractivity contribution in [2.24, 2.45) is 0 Å². The van der Waals surface area contributed by atoms with E-state index in [0.29, 0.717) is 21.6 Å². The van der Waals surface area contributed by atoms with Gasteiger partial charge in [-0.3, -0.25) is 4.79 Å². The van der Waals surface area contributed by atoms with E-state index in [0.717, 1.165) is 11.1 Å². The van der Waals surface area contributed by atoms with Gasteiger partial charge in [-0.15, -0.1) is 0 Å². The lowest BCUT2D eigenvalue weighted by molar-refractivity contribution is 0.0731. The van der Waals surface area contributed by atoms with Gasteiger partial charge >= 0.3 is 5.97 Å². The van der Waals surface area contributed by atoms with Gasteiger partial charge in [-0.25, -0.2) is 4.79 Å². The van der Waals surface area contributed by atoms with Gasteiger partial charge in [0.1, 0.15) is 5.58 Å². The second-order valence-electron chi connectivity index (χ2n) is 6.87. The quantitative estimate of drug-likeness (QED) is 0.338. The minimum Gasteiger partial charge on any atom is -0.452 e. The van der Waals surface area contributed by atoms with Crippen LogP contribution >= 0.6 is 23.2 Å². The number of hydrogen-bond acceptors (Lipinski definition) is 4. The van der Waals surface area contributed by atoms with E-state index in [4.69, 9.17) is 32.4 Å². The van der Waals surface area contributed by atoms with Crippen molar-refractivity contribution in [1.29, 1.82) is 0 Å². The molecule has 0 amide bonds. The first-order chi connectivity index (χ1) is 14.4. The molecule has 0 aliphatic rings. The van der Waals surface area contributed by atoms with Crippen molar-refractivity contribution in [2.75, 3.05) is 0 Å². The van der Waals surface area contributed by atoms with Gasteiger partial charge in [-0.2, -0.15) is 0 Å². The fourth-order valence-corrected chi connectivity index (χ4v) is 3.56. The Morgan fingerprint density at radius 2 is 1.53 bits per heavy atom. The smallest absolute Gasteiger partial charge is 0.345 e. The largest absolute Gasteiger partial charge is 0.452 e. The third-order valence-electron chi connectivity index (χ3n) is 4.87. The van der Waals surface area contributed by atoms with Crippen molar-refractivity contribution in [3.05, 3.63) is 97.6 Å². The molecule has 0 aliphatic heterocycles. The minimum absolute atomic E-state index is 0.0850. The number of benzene rings is 3. The predicted molar refractivity (Wildman–Crippen MR) is 119 cm³/mol. The van der Waals surface area contributed by atoms with E-state index in [2.05, 4.69) is 0 Å². The molecule has 4 rings (SSSR count). The van der Waals surface area contributed by atoms with E-state index in [9.17, 15) is 9.59 Å². The summed E-state index contributed by atoms with van der Waals surface area (Å²) in [5.74, 6) is -0.907. The number of ether oxygens (including phenoxy) is 1. The molecule has 0 radical (unpaired) electrons. The lowest BCUT2D eigenvalue weighted by Gasteiger charge is -2.13. The predicted octanol–water partition coefficient (Wildman–Crippen LogP) is 6.60. The molecule has 0 fully saturated rings. The Morgan fingerprint density at radius 1 is 0.900 bits per heavy atom. The van der Waals surface area contributed by atoms with Crippen LogP contribution in [-0.4, -0.2) is 5.97 Å². The Morgan fingerprint density at radius 3 is 2.23 bits per heavy atom. The standard InChI is InChI=1S/C24H16Cl2O4/c1-13-11-17-20(12-14(13)2)29-22(15-7-3-5-9-18(15)25)23(21(17)27)30-24(28)16-8-4-6-10-19(16)26/h3-12H,1-2H3. The van der Waals surface area contributed by atoms with Crippen LogP contribution in [0.25, 0.3) is 22.3 Å². The van der Waals surface area contributed by atoms with Crippen LogP contribution < -0.4 is 10.2 Å². The van der Waals surface area contributed by atoms with E-state index in [1.807, 2.05) is 13.8 Å². The molecule has 150 valence electrons. The molecule has 1 aromatic heterocycles. The lowest BCUT2D eigenvalue weighted by Crippen LogP contribution is -2.17. The SMILES string of the molecule is Cc1cc2oc(-c3ccccc3Cl)c(OC(=O)c3ccccc3Cl)c(=O)c2cc1C. The second-order valence-corrected chi connectivity index (χ2v) is 7.69. The van der Waals surface area contributed by atoms with Crippen molar-refractivity contribution in [3.8, 4) is 17.1 Å². The van der Waals surface area contributed by atoms with Gasteiger partial charge < -0.3 is 9.15 Å². The topological polar surface area (TPSA) is 56.5 Å². The van der Waals surface area contributed by atoms with Crippen LogP contribution in [0.2, 0.25) is 10.0 Å². The Bertz CT molecular complexity index is 1360. The fourth-order valence-electron chi connectivity index (χ4n) is 3.12. The molecule has 4 nitrogen and oxygen atoms in total. The molecule has 0 atom stereocenters. The third kappa shape index (κ3) is 3.60. The molecule has 0 unspecified atom stereocenters. The van der Waals surface area contributed by atoms with E-state index in [1.165, 1.54) is 6.07 Å². The molecule has 0 bridgehead atoms. The van der Waals surface area contributed by atoms with Gasteiger partial charge in [0.2, 0.25) is 11.2 Å². The van der Waals surface area contributed by atoms with Crippen molar-refractivity contribution < 1.29 is 13.9 Å². The summed E-state index contributed by atoms with van der Waals surface area (Å²) in [6.45, 7) is 3.82. The Kier molecular flexibility index (Phi) is 5.37. The number of aryl methyl sites for hydroxylation is 2. The first-order valence-corrected chi connectivity index (χ1v) is 9.92. The minimum atomic E-state index is -0.760. The highest BCUT2D eigenvalue weighted by Gasteiger charge is 2.23. The Hall–Kier alpha value is -3.08. The van der Waals surface area contributed by atoms with Gasteiger partial charge in [0, 0.05) is 5.56 Å². The van der Waals surface area contributed by atoms with Crippen LogP contribution in [0.5, 0.6) is 5.75 Å². The van der Waals surface area contributed by atoms with Crippen molar-refractivity contribution >= 4 is 40.1 Å². The van der Waals surface area contributed by atoms with Crippen LogP contribution in [0.4, 0.5) is 0 Å². The van der Waals surface area contributed by atoms with E-state index >= 15 is 0 Å². The zero-order chi connectivity index (χ0) is 21.4. The highest BCUT2D eigenvalue weighted by molar-refractivity contribution is 6.34. The summed E-state index contributed by atoms with van der Waals surface area (Å²) >= 11 is 12.5. The van der Waals surface area contributed by atoms with Crippen molar-refractivity contribution in [3.63, 3.8) is 0 Å². The van der Waals surface area contributed by atoms with Crippen molar-refractivity contribution in [1.82, 2.24) is 0 Å². The number of carbonyl (C=O) groups is 1. The summed E-state index contributed by atoms with van der Waals surface area (Å²) in [5, 5.41) is 0.896. The lowest BCUT2D eigenvalue weighted by atomic mass is 10.0. The molecule has 0 spiro atoms. The average molecular weight is 439 g/mol.